The Bertz CT molecular complexity index is 372. The maximum absolute atomic E-state index is 13.2. The zero-order chi connectivity index (χ0) is 11.5. The first kappa shape index (κ1) is 14.8. The molecule has 1 aromatic carbocycles. The number of halogens is 3. The van der Waals surface area contributed by atoms with Crippen LogP contribution in [-0.4, -0.2) is 19.6 Å². The van der Waals surface area contributed by atoms with E-state index in [9.17, 15) is 13.6 Å². The summed E-state index contributed by atoms with van der Waals surface area (Å²) < 4.78 is 30.7. The van der Waals surface area contributed by atoms with Gasteiger partial charge in [-0.1, -0.05) is 12.1 Å². The number of carbonyl (C=O) groups excluding carboxylic acids is 1. The van der Waals surface area contributed by atoms with Crippen LogP contribution in [0.15, 0.2) is 24.3 Å². The third-order valence-corrected chi connectivity index (χ3v) is 1.96. The van der Waals surface area contributed by atoms with Gasteiger partial charge in [0.15, 0.2) is 0 Å². The average molecular weight is 252 g/mol. The molecule has 0 aromatic heterocycles. The third-order valence-electron chi connectivity index (χ3n) is 1.96. The van der Waals surface area contributed by atoms with Crippen LogP contribution in [0.5, 0.6) is 0 Å². The maximum Gasteiger partial charge on any atom is 0.337 e. The van der Waals surface area contributed by atoms with Gasteiger partial charge in [0.05, 0.1) is 19.2 Å². The molecule has 0 aliphatic rings. The third kappa shape index (κ3) is 3.15. The Balaban J connectivity index is 0.00000225. The lowest BCUT2D eigenvalue weighted by atomic mass is 10.1. The van der Waals surface area contributed by atoms with Crippen LogP contribution in [0.3, 0.4) is 0 Å². The number of hydrogen-bond acceptors (Lipinski definition) is 3. The minimum absolute atomic E-state index is 0. The second-order valence-electron chi connectivity index (χ2n) is 2.98. The van der Waals surface area contributed by atoms with Crippen molar-refractivity contribution in [2.75, 3.05) is 13.7 Å². The average Bonchev–Trinajstić information content (AvgIpc) is 2.28. The minimum atomic E-state index is -3.12. The Labute approximate surface area is 98.0 Å². The summed E-state index contributed by atoms with van der Waals surface area (Å²) in [5, 5.41) is 0. The molecule has 2 N–H and O–H groups in total. The second-order valence-corrected chi connectivity index (χ2v) is 2.98. The minimum Gasteiger partial charge on any atom is -0.465 e. The predicted molar refractivity (Wildman–Crippen MR) is 58.0 cm³/mol. The Morgan fingerprint density at radius 2 is 2.12 bits per heavy atom. The zero-order valence-electron chi connectivity index (χ0n) is 8.57. The van der Waals surface area contributed by atoms with Crippen molar-refractivity contribution in [2.45, 2.75) is 5.92 Å². The molecule has 3 nitrogen and oxygen atoms in total. The highest BCUT2D eigenvalue weighted by Crippen LogP contribution is 2.27. The lowest BCUT2D eigenvalue weighted by molar-refractivity contribution is 0.00586. The van der Waals surface area contributed by atoms with E-state index < -0.39 is 18.4 Å². The molecule has 6 heteroatoms. The van der Waals surface area contributed by atoms with E-state index in [1.54, 1.807) is 0 Å². The van der Waals surface area contributed by atoms with Crippen LogP contribution < -0.4 is 5.73 Å². The number of alkyl halides is 2. The van der Waals surface area contributed by atoms with Gasteiger partial charge in [-0.05, 0) is 12.1 Å². The quantitative estimate of drug-likeness (QED) is 0.836. The molecule has 1 rings (SSSR count). The molecule has 0 bridgehead atoms. The summed E-state index contributed by atoms with van der Waals surface area (Å²) in [5.41, 5.74) is 4.73. The molecular weight excluding hydrogens is 240 g/mol. The van der Waals surface area contributed by atoms with Crippen LogP contribution in [0.1, 0.15) is 15.9 Å². The molecule has 0 amide bonds. The first-order valence-corrected chi connectivity index (χ1v) is 4.28. The lowest BCUT2D eigenvalue weighted by Crippen LogP contribution is -2.25. The molecule has 1 aromatic rings. The van der Waals surface area contributed by atoms with Crippen molar-refractivity contribution in [3.05, 3.63) is 35.4 Å². The van der Waals surface area contributed by atoms with Crippen molar-refractivity contribution in [1.82, 2.24) is 0 Å². The summed E-state index contributed by atoms with van der Waals surface area (Å²) in [7, 11) is 1.19. The summed E-state index contributed by atoms with van der Waals surface area (Å²) in [6.07, 6.45) is 0. The van der Waals surface area contributed by atoms with Crippen molar-refractivity contribution >= 4 is 18.4 Å². The summed E-state index contributed by atoms with van der Waals surface area (Å²) in [6.45, 7) is -0.794. The van der Waals surface area contributed by atoms with Crippen molar-refractivity contribution in [3.8, 4) is 0 Å². The fourth-order valence-corrected chi connectivity index (χ4v) is 1.11. The molecule has 0 aliphatic carbocycles. The molecule has 0 spiro atoms. The largest absolute Gasteiger partial charge is 0.465 e. The standard InChI is InChI=1S/C10H11F2NO2.ClH/c1-15-9(14)7-3-2-4-8(5-7)10(11,12)6-13;/h2-5H,6,13H2,1H3;1H. The van der Waals surface area contributed by atoms with Crippen LogP contribution in [0, 0.1) is 0 Å². The van der Waals surface area contributed by atoms with E-state index in [0.29, 0.717) is 0 Å². The normalized spacial score (nSPS) is 10.5. The number of methoxy groups -OCH3 is 1. The van der Waals surface area contributed by atoms with Crippen LogP contribution in [0.2, 0.25) is 0 Å². The monoisotopic (exact) mass is 251 g/mol. The summed E-state index contributed by atoms with van der Waals surface area (Å²) in [6, 6.07) is 5.07. The van der Waals surface area contributed by atoms with Crippen LogP contribution >= 0.6 is 12.4 Å². The van der Waals surface area contributed by atoms with E-state index in [1.165, 1.54) is 25.3 Å². The summed E-state index contributed by atoms with van der Waals surface area (Å²) >= 11 is 0. The number of carbonyl (C=O) groups is 1. The summed E-state index contributed by atoms with van der Waals surface area (Å²) in [5.74, 6) is -3.77. The fourth-order valence-electron chi connectivity index (χ4n) is 1.11. The summed E-state index contributed by atoms with van der Waals surface area (Å²) in [4.78, 5) is 11.1. The van der Waals surface area contributed by atoms with Crippen LogP contribution in [0.25, 0.3) is 0 Å². The van der Waals surface area contributed by atoms with Gasteiger partial charge in [-0.15, -0.1) is 12.4 Å². The molecule has 0 saturated carbocycles. The smallest absolute Gasteiger partial charge is 0.337 e. The van der Waals surface area contributed by atoms with Crippen molar-refractivity contribution in [2.24, 2.45) is 5.73 Å². The Hall–Kier alpha value is -1.20. The Morgan fingerprint density at radius 1 is 1.50 bits per heavy atom. The van der Waals surface area contributed by atoms with Gasteiger partial charge in [0.2, 0.25) is 0 Å². The lowest BCUT2D eigenvalue weighted by Gasteiger charge is -2.14. The Kier molecular flexibility index (Phi) is 5.33. The molecule has 0 atom stereocenters. The first-order chi connectivity index (χ1) is 7.01. The molecule has 0 aliphatic heterocycles. The SMILES string of the molecule is COC(=O)c1cccc(C(F)(F)CN)c1.Cl. The van der Waals surface area contributed by atoms with Gasteiger partial charge >= 0.3 is 5.97 Å². The molecule has 0 radical (unpaired) electrons. The maximum atomic E-state index is 13.2. The second kappa shape index (κ2) is 5.77. The van der Waals surface area contributed by atoms with E-state index in [-0.39, 0.29) is 23.5 Å². The Morgan fingerprint density at radius 3 is 2.62 bits per heavy atom. The first-order valence-electron chi connectivity index (χ1n) is 4.28. The van der Waals surface area contributed by atoms with E-state index in [4.69, 9.17) is 5.73 Å². The van der Waals surface area contributed by atoms with Gasteiger partial charge in [0.25, 0.3) is 5.92 Å². The molecule has 16 heavy (non-hydrogen) atoms. The van der Waals surface area contributed by atoms with Crippen LogP contribution in [0.4, 0.5) is 8.78 Å². The highest BCUT2D eigenvalue weighted by atomic mass is 35.5. The van der Waals surface area contributed by atoms with Gasteiger partial charge in [-0.3, -0.25) is 0 Å². The number of benzene rings is 1. The van der Waals surface area contributed by atoms with Crippen molar-refractivity contribution < 1.29 is 18.3 Å². The molecule has 0 heterocycles. The van der Waals surface area contributed by atoms with E-state index in [1.807, 2.05) is 0 Å². The predicted octanol–water partition coefficient (Wildman–Crippen LogP) is 1.95. The highest BCUT2D eigenvalue weighted by Gasteiger charge is 2.29. The topological polar surface area (TPSA) is 52.3 Å². The van der Waals surface area contributed by atoms with Crippen molar-refractivity contribution in [1.29, 1.82) is 0 Å². The van der Waals surface area contributed by atoms with Crippen molar-refractivity contribution in [3.63, 3.8) is 0 Å². The molecule has 0 unspecified atom stereocenters. The molecule has 90 valence electrons. The van der Waals surface area contributed by atoms with Gasteiger partial charge in [-0.2, -0.15) is 8.78 Å². The van der Waals surface area contributed by atoms with E-state index >= 15 is 0 Å². The van der Waals surface area contributed by atoms with E-state index in [2.05, 4.69) is 4.74 Å². The zero-order valence-corrected chi connectivity index (χ0v) is 9.39. The van der Waals surface area contributed by atoms with Gasteiger partial charge < -0.3 is 10.5 Å². The number of rotatable bonds is 3. The number of nitrogens with two attached hydrogens (primary N) is 1. The fraction of sp³-hybridized carbons (Fsp3) is 0.300. The molecule has 0 fully saturated rings. The van der Waals surface area contributed by atoms with Gasteiger partial charge in [0, 0.05) is 5.56 Å². The van der Waals surface area contributed by atoms with Gasteiger partial charge in [-0.25, -0.2) is 4.79 Å². The number of esters is 1. The van der Waals surface area contributed by atoms with Gasteiger partial charge in [0.1, 0.15) is 0 Å². The molecule has 0 saturated heterocycles. The number of ether oxygens (including phenoxy) is 1. The molecular formula is C10H12ClF2NO2. The van der Waals surface area contributed by atoms with E-state index in [0.717, 1.165) is 6.07 Å². The number of hydrogen-bond donors (Lipinski definition) is 1. The van der Waals surface area contributed by atoms with Crippen LogP contribution in [-0.2, 0) is 10.7 Å². The highest BCUT2D eigenvalue weighted by molar-refractivity contribution is 5.89.